The van der Waals surface area contributed by atoms with Gasteiger partial charge in [-0.1, -0.05) is 108 Å². The molecule has 0 heterocycles. The molecule has 0 spiro atoms. The Hall–Kier alpha value is -0.953. The molecular formula is C24H37OPSi. The van der Waals surface area contributed by atoms with Gasteiger partial charge in [0.15, 0.2) is 8.32 Å². The minimum atomic E-state index is -1.84. The van der Waals surface area contributed by atoms with E-state index in [0.717, 1.165) is 6.42 Å². The summed E-state index contributed by atoms with van der Waals surface area (Å²) in [6, 6.07) is 22.1. The summed E-state index contributed by atoms with van der Waals surface area (Å²) in [6.07, 6.45) is 4.93. The second-order valence-corrected chi connectivity index (χ2v) is 16.0. The van der Waals surface area contributed by atoms with Gasteiger partial charge in [0.1, 0.15) is 0 Å². The number of hydrogen-bond acceptors (Lipinski definition) is 1. The van der Waals surface area contributed by atoms with Crippen LogP contribution in [-0.4, -0.2) is 14.2 Å². The van der Waals surface area contributed by atoms with Crippen molar-refractivity contribution in [1.29, 1.82) is 0 Å². The van der Waals surface area contributed by atoms with Gasteiger partial charge in [-0.2, -0.15) is 0 Å². The highest BCUT2D eigenvalue weighted by Gasteiger charge is 2.41. The van der Waals surface area contributed by atoms with Crippen molar-refractivity contribution in [2.24, 2.45) is 0 Å². The first-order valence-corrected chi connectivity index (χ1v) is 14.7. The van der Waals surface area contributed by atoms with Crippen LogP contribution < -0.4 is 10.6 Å². The molecule has 0 radical (unpaired) electrons. The molecule has 1 unspecified atom stereocenters. The fourth-order valence-electron chi connectivity index (χ4n) is 2.99. The smallest absolute Gasteiger partial charge is 0.192 e. The van der Waals surface area contributed by atoms with Crippen molar-refractivity contribution in [3.8, 4) is 0 Å². The zero-order valence-corrected chi connectivity index (χ0v) is 19.9. The summed E-state index contributed by atoms with van der Waals surface area (Å²) in [5, 5.41) is 3.09. The molecule has 27 heavy (non-hydrogen) atoms. The molecule has 0 aliphatic rings. The van der Waals surface area contributed by atoms with Crippen LogP contribution in [-0.2, 0) is 4.43 Å². The van der Waals surface area contributed by atoms with E-state index in [1.165, 1.54) is 29.9 Å². The third-order valence-corrected chi connectivity index (χ3v) is 13.0. The van der Waals surface area contributed by atoms with Crippen LogP contribution in [0.25, 0.3) is 0 Å². The van der Waals surface area contributed by atoms with E-state index in [1.807, 2.05) is 0 Å². The number of benzene rings is 2. The third kappa shape index (κ3) is 6.27. The van der Waals surface area contributed by atoms with Crippen LogP contribution in [0.2, 0.25) is 18.1 Å². The van der Waals surface area contributed by atoms with E-state index in [0.29, 0.717) is 0 Å². The Bertz CT molecular complexity index is 624. The zero-order chi connectivity index (χ0) is 19.9. The van der Waals surface area contributed by atoms with Crippen molar-refractivity contribution in [1.82, 2.24) is 0 Å². The van der Waals surface area contributed by atoms with E-state index in [2.05, 4.69) is 101 Å². The van der Waals surface area contributed by atoms with Crippen molar-refractivity contribution in [3.63, 3.8) is 0 Å². The highest BCUT2D eigenvalue weighted by molar-refractivity contribution is 7.73. The molecule has 0 aliphatic heterocycles. The van der Waals surface area contributed by atoms with E-state index < -0.39 is 16.2 Å². The maximum absolute atomic E-state index is 7.09. The first-order chi connectivity index (χ1) is 12.8. The lowest BCUT2D eigenvalue weighted by Crippen LogP contribution is -2.44. The predicted octanol–water partition coefficient (Wildman–Crippen LogP) is 7.05. The van der Waals surface area contributed by atoms with Crippen molar-refractivity contribution in [2.45, 2.75) is 77.4 Å². The van der Waals surface area contributed by atoms with Gasteiger partial charge in [-0.25, -0.2) is 0 Å². The molecule has 0 bridgehead atoms. The van der Waals surface area contributed by atoms with E-state index in [-0.39, 0.29) is 10.9 Å². The van der Waals surface area contributed by atoms with Crippen molar-refractivity contribution in [3.05, 3.63) is 60.7 Å². The topological polar surface area (TPSA) is 9.23 Å². The summed E-state index contributed by atoms with van der Waals surface area (Å²) in [6.45, 7) is 14.1. The largest absolute Gasteiger partial charge is 0.410 e. The molecule has 2 aromatic carbocycles. The lowest BCUT2D eigenvalue weighted by Gasteiger charge is -2.42. The first kappa shape index (κ1) is 22.3. The first-order valence-electron chi connectivity index (χ1n) is 10.3. The second-order valence-electron chi connectivity index (χ2n) is 8.87. The Morgan fingerprint density at radius 1 is 0.852 bits per heavy atom. The number of rotatable bonds is 9. The standard InChI is InChI=1S/C24H37OPSi/c1-7-8-11-20-23(25-27(5,6)24(2,3)4)26(21-16-12-9-13-17-21)22-18-14-10-15-19-22/h9-10,12-19,23H,7-8,11,20H2,1-6H3. The van der Waals surface area contributed by atoms with E-state index >= 15 is 0 Å². The van der Waals surface area contributed by atoms with Crippen LogP contribution in [0.1, 0.15) is 53.4 Å². The van der Waals surface area contributed by atoms with E-state index in [9.17, 15) is 0 Å². The van der Waals surface area contributed by atoms with Crippen molar-refractivity contribution in [2.75, 3.05) is 0 Å². The lowest BCUT2D eigenvalue weighted by molar-refractivity contribution is 0.243. The van der Waals surface area contributed by atoms with Crippen molar-refractivity contribution < 1.29 is 4.43 Å². The maximum atomic E-state index is 7.09. The van der Waals surface area contributed by atoms with Crippen LogP contribution in [0.3, 0.4) is 0 Å². The Morgan fingerprint density at radius 3 is 1.74 bits per heavy atom. The van der Waals surface area contributed by atoms with Crippen LogP contribution in [0.5, 0.6) is 0 Å². The molecule has 0 saturated carbocycles. The molecule has 148 valence electrons. The molecule has 0 amide bonds. The Morgan fingerprint density at radius 2 is 1.33 bits per heavy atom. The van der Waals surface area contributed by atoms with Gasteiger partial charge in [0.05, 0.1) is 5.85 Å². The van der Waals surface area contributed by atoms with Gasteiger partial charge in [-0.15, -0.1) is 0 Å². The third-order valence-electron chi connectivity index (χ3n) is 5.65. The molecule has 0 saturated heterocycles. The Labute approximate surface area is 169 Å². The lowest BCUT2D eigenvalue weighted by atomic mass is 10.2. The van der Waals surface area contributed by atoms with Gasteiger partial charge in [0, 0.05) is 0 Å². The highest BCUT2D eigenvalue weighted by atomic mass is 31.1. The van der Waals surface area contributed by atoms with Gasteiger partial charge in [0.25, 0.3) is 0 Å². The van der Waals surface area contributed by atoms with E-state index in [1.54, 1.807) is 0 Å². The Kier molecular flexibility index (Phi) is 8.28. The van der Waals surface area contributed by atoms with Gasteiger partial charge < -0.3 is 4.43 Å². The quantitative estimate of drug-likeness (QED) is 0.249. The number of unbranched alkanes of at least 4 members (excludes halogenated alkanes) is 2. The molecule has 0 aliphatic carbocycles. The predicted molar refractivity (Wildman–Crippen MR) is 125 cm³/mol. The molecule has 1 atom stereocenters. The van der Waals surface area contributed by atoms with Gasteiger partial charge in [0.2, 0.25) is 0 Å². The van der Waals surface area contributed by atoms with Crippen LogP contribution in [0.4, 0.5) is 0 Å². The monoisotopic (exact) mass is 400 g/mol. The van der Waals surface area contributed by atoms with Gasteiger partial charge in [-0.05, 0) is 43.1 Å². The molecular weight excluding hydrogens is 363 g/mol. The Balaban J connectivity index is 2.43. The molecule has 0 fully saturated rings. The average Bonchev–Trinajstić information content (AvgIpc) is 2.62. The van der Waals surface area contributed by atoms with Crippen molar-refractivity contribution >= 4 is 26.8 Å². The molecule has 3 heteroatoms. The summed E-state index contributed by atoms with van der Waals surface area (Å²) in [5.41, 5.74) is 0. The fourth-order valence-corrected chi connectivity index (χ4v) is 7.74. The highest BCUT2D eigenvalue weighted by Crippen LogP contribution is 2.47. The molecule has 0 N–H and O–H groups in total. The second kappa shape index (κ2) is 10.0. The van der Waals surface area contributed by atoms with Gasteiger partial charge in [-0.3, -0.25) is 0 Å². The molecule has 0 aromatic heterocycles. The fraction of sp³-hybridized carbons (Fsp3) is 0.500. The van der Waals surface area contributed by atoms with Crippen LogP contribution in [0, 0.1) is 0 Å². The van der Waals surface area contributed by atoms with Crippen LogP contribution >= 0.6 is 7.92 Å². The molecule has 2 rings (SSSR count). The maximum Gasteiger partial charge on any atom is 0.192 e. The average molecular weight is 401 g/mol. The molecule has 1 nitrogen and oxygen atoms in total. The van der Waals surface area contributed by atoms with Gasteiger partial charge >= 0.3 is 0 Å². The summed E-state index contributed by atoms with van der Waals surface area (Å²) >= 11 is 0. The zero-order valence-electron chi connectivity index (χ0n) is 18.0. The molecule has 2 aromatic rings. The summed E-state index contributed by atoms with van der Waals surface area (Å²) in [4.78, 5) is 0. The minimum absolute atomic E-state index is 0.227. The SMILES string of the molecule is CCCCCC(O[Si](C)(C)C(C)(C)C)P(c1ccccc1)c1ccccc1. The summed E-state index contributed by atoms with van der Waals surface area (Å²) in [5.74, 6) is 0.289. The normalized spacial score (nSPS) is 13.7. The summed E-state index contributed by atoms with van der Waals surface area (Å²) < 4.78 is 7.09. The minimum Gasteiger partial charge on any atom is -0.410 e. The number of hydrogen-bond donors (Lipinski definition) is 0. The van der Waals surface area contributed by atoms with E-state index in [4.69, 9.17) is 4.43 Å². The van der Waals surface area contributed by atoms with Crippen LogP contribution in [0.15, 0.2) is 60.7 Å². The summed E-state index contributed by atoms with van der Waals surface area (Å²) in [7, 11) is -2.37.